The third-order valence-electron chi connectivity index (χ3n) is 6.49. The van der Waals surface area contributed by atoms with E-state index in [1.807, 2.05) is 0 Å². The lowest BCUT2D eigenvalue weighted by Gasteiger charge is -2.60. The summed E-state index contributed by atoms with van der Waals surface area (Å²) in [5, 5.41) is 0. The molecule has 1 saturated carbocycles. The Balaban J connectivity index is 1.92. The number of hydrogen-bond donors (Lipinski definition) is 0. The van der Waals surface area contributed by atoms with Gasteiger partial charge in [0, 0.05) is 24.3 Å². The number of nitrogens with zero attached hydrogens (tertiary/aromatic N) is 1. The van der Waals surface area contributed by atoms with Crippen molar-refractivity contribution in [2.24, 2.45) is 11.8 Å². The van der Waals surface area contributed by atoms with Crippen LogP contribution in [0.4, 0.5) is 0 Å². The number of hydrogen-bond acceptors (Lipinski definition) is 3. The number of carbonyl (C=O) groups is 1. The number of benzene rings is 1. The highest BCUT2D eigenvalue weighted by molar-refractivity contribution is 5.82. The Kier molecular flexibility index (Phi) is 3.12. The van der Waals surface area contributed by atoms with Crippen molar-refractivity contribution in [1.82, 2.24) is 4.90 Å². The molecule has 1 aromatic carbocycles. The van der Waals surface area contributed by atoms with Gasteiger partial charge in [0.1, 0.15) is 11.5 Å². The summed E-state index contributed by atoms with van der Waals surface area (Å²) in [7, 11) is 3.98. The summed E-state index contributed by atoms with van der Waals surface area (Å²) in [5.74, 6) is 2.45. The van der Waals surface area contributed by atoms with E-state index in [2.05, 4.69) is 37.1 Å². The Bertz CT molecular complexity index is 626. The zero-order valence-corrected chi connectivity index (χ0v) is 13.8. The van der Waals surface area contributed by atoms with Crippen molar-refractivity contribution in [3.8, 4) is 5.75 Å². The molecule has 1 aromatic rings. The monoisotopic (exact) mass is 299 g/mol. The van der Waals surface area contributed by atoms with Crippen molar-refractivity contribution in [2.75, 3.05) is 20.7 Å². The molecule has 3 aliphatic rings. The minimum Gasteiger partial charge on any atom is -0.497 e. The minimum atomic E-state index is 0.0497. The summed E-state index contributed by atoms with van der Waals surface area (Å²) in [5.41, 5.74) is 2.88. The molecule has 4 rings (SSSR count). The summed E-state index contributed by atoms with van der Waals surface area (Å²) >= 11 is 0. The van der Waals surface area contributed by atoms with Gasteiger partial charge < -0.3 is 9.64 Å². The van der Waals surface area contributed by atoms with E-state index in [-0.39, 0.29) is 5.41 Å². The largest absolute Gasteiger partial charge is 0.497 e. The third kappa shape index (κ3) is 1.81. The Morgan fingerprint density at radius 1 is 1.32 bits per heavy atom. The molecule has 1 aliphatic heterocycles. The normalized spacial score (nSPS) is 37.4. The molecule has 2 bridgehead atoms. The number of carbonyl (C=O) groups excluding carboxylic acids is 1. The molecule has 2 fully saturated rings. The van der Waals surface area contributed by atoms with Crippen molar-refractivity contribution in [1.29, 1.82) is 0 Å². The standard InChI is InChI=1S/C19H25NO2/c1-12-8-14(21)11-19-6-7-20(2)17(18(12)19)9-13-4-5-15(22-3)10-16(13)19/h4-5,10,12,17-18H,6-9,11H2,1-3H3/t12-,17+,18+,19+/m1/s1. The van der Waals surface area contributed by atoms with Crippen LogP contribution in [0.1, 0.15) is 37.3 Å². The number of likely N-dealkylation sites (tertiary alicyclic amines) is 1. The zero-order chi connectivity index (χ0) is 15.5. The van der Waals surface area contributed by atoms with Crippen LogP contribution >= 0.6 is 0 Å². The quantitative estimate of drug-likeness (QED) is 0.798. The molecule has 0 spiro atoms. The van der Waals surface area contributed by atoms with Gasteiger partial charge in [0.05, 0.1) is 7.11 Å². The molecule has 4 atom stereocenters. The average molecular weight is 299 g/mol. The molecule has 22 heavy (non-hydrogen) atoms. The molecule has 1 saturated heterocycles. The summed E-state index contributed by atoms with van der Waals surface area (Å²) in [6, 6.07) is 7.09. The van der Waals surface area contributed by atoms with Crippen LogP contribution < -0.4 is 4.74 Å². The van der Waals surface area contributed by atoms with Crippen molar-refractivity contribution >= 4 is 5.78 Å². The van der Waals surface area contributed by atoms with Crippen LogP contribution in [0.5, 0.6) is 5.75 Å². The number of Topliss-reactive ketones (excluding diaryl/α,β-unsaturated/α-hetero) is 1. The second kappa shape index (κ2) is 4.82. The lowest BCUT2D eigenvalue weighted by atomic mass is 9.49. The summed E-state index contributed by atoms with van der Waals surface area (Å²) in [6.07, 6.45) is 3.70. The predicted octanol–water partition coefficient (Wildman–Crippen LogP) is 2.81. The van der Waals surface area contributed by atoms with Gasteiger partial charge in [-0.2, -0.15) is 0 Å². The van der Waals surface area contributed by atoms with Crippen LogP contribution in [0, 0.1) is 11.8 Å². The van der Waals surface area contributed by atoms with E-state index in [1.54, 1.807) is 7.11 Å². The molecule has 3 heteroatoms. The van der Waals surface area contributed by atoms with Crippen molar-refractivity contribution < 1.29 is 9.53 Å². The lowest BCUT2D eigenvalue weighted by molar-refractivity contribution is -0.130. The van der Waals surface area contributed by atoms with Crippen molar-refractivity contribution in [2.45, 2.75) is 44.1 Å². The number of fused-ring (bicyclic) bond motifs is 1. The smallest absolute Gasteiger partial charge is 0.134 e. The van der Waals surface area contributed by atoms with Gasteiger partial charge in [-0.25, -0.2) is 0 Å². The van der Waals surface area contributed by atoms with Gasteiger partial charge in [0.25, 0.3) is 0 Å². The first-order valence-corrected chi connectivity index (χ1v) is 8.44. The molecule has 0 radical (unpaired) electrons. The average Bonchev–Trinajstić information content (AvgIpc) is 2.50. The second-order valence-corrected chi connectivity index (χ2v) is 7.60. The molecule has 118 valence electrons. The number of likely N-dealkylation sites (N-methyl/N-ethyl adjacent to an activating group) is 1. The summed E-state index contributed by atoms with van der Waals surface area (Å²) in [4.78, 5) is 15.0. The van der Waals surface area contributed by atoms with Gasteiger partial charge in [0.15, 0.2) is 0 Å². The summed E-state index contributed by atoms with van der Waals surface area (Å²) < 4.78 is 5.47. The fourth-order valence-corrected chi connectivity index (χ4v) is 5.63. The maximum Gasteiger partial charge on any atom is 0.134 e. The highest BCUT2D eigenvalue weighted by Gasteiger charge is 2.57. The van der Waals surface area contributed by atoms with Gasteiger partial charge in [-0.15, -0.1) is 0 Å². The Hall–Kier alpha value is -1.35. The van der Waals surface area contributed by atoms with Gasteiger partial charge in [-0.1, -0.05) is 13.0 Å². The van der Waals surface area contributed by atoms with Crippen LogP contribution in [0.2, 0.25) is 0 Å². The number of ketones is 1. The van der Waals surface area contributed by atoms with Gasteiger partial charge >= 0.3 is 0 Å². The molecule has 0 unspecified atom stereocenters. The fourth-order valence-electron chi connectivity index (χ4n) is 5.63. The highest BCUT2D eigenvalue weighted by atomic mass is 16.5. The molecule has 1 heterocycles. The van der Waals surface area contributed by atoms with E-state index in [0.29, 0.717) is 23.7 Å². The molecule has 2 aliphatic carbocycles. The van der Waals surface area contributed by atoms with E-state index >= 15 is 0 Å². The molecular weight excluding hydrogens is 274 g/mol. The third-order valence-corrected chi connectivity index (χ3v) is 6.49. The van der Waals surface area contributed by atoms with E-state index in [0.717, 1.165) is 38.0 Å². The topological polar surface area (TPSA) is 29.5 Å². The maximum atomic E-state index is 12.4. The number of piperidine rings is 1. The molecule has 0 N–H and O–H groups in total. The number of methoxy groups -OCH3 is 1. The van der Waals surface area contributed by atoms with Crippen molar-refractivity contribution in [3.05, 3.63) is 29.3 Å². The first kappa shape index (κ1) is 14.3. The highest BCUT2D eigenvalue weighted by Crippen LogP contribution is 2.56. The number of ether oxygens (including phenoxy) is 1. The summed E-state index contributed by atoms with van der Waals surface area (Å²) in [6.45, 7) is 3.38. The SMILES string of the molecule is COc1ccc2c(c1)[C@@]13CCN(C)[C@@H](C2)[C@@H]1[C@H](C)CC(=O)C3. The van der Waals surface area contributed by atoms with E-state index in [9.17, 15) is 4.79 Å². The Morgan fingerprint density at radius 2 is 2.14 bits per heavy atom. The zero-order valence-electron chi connectivity index (χ0n) is 13.8. The van der Waals surface area contributed by atoms with Crippen LogP contribution in [0.25, 0.3) is 0 Å². The van der Waals surface area contributed by atoms with E-state index in [4.69, 9.17) is 4.74 Å². The van der Waals surface area contributed by atoms with Crippen LogP contribution in [-0.4, -0.2) is 37.4 Å². The molecule has 3 nitrogen and oxygen atoms in total. The second-order valence-electron chi connectivity index (χ2n) is 7.60. The van der Waals surface area contributed by atoms with Gasteiger partial charge in [-0.05, 0) is 61.5 Å². The maximum absolute atomic E-state index is 12.4. The van der Waals surface area contributed by atoms with Crippen molar-refractivity contribution in [3.63, 3.8) is 0 Å². The van der Waals surface area contributed by atoms with Gasteiger partial charge in [-0.3, -0.25) is 4.79 Å². The first-order chi connectivity index (χ1) is 10.5. The number of rotatable bonds is 1. The minimum absolute atomic E-state index is 0.0497. The van der Waals surface area contributed by atoms with E-state index < -0.39 is 0 Å². The molecule has 0 amide bonds. The fraction of sp³-hybridized carbons (Fsp3) is 0.632. The first-order valence-electron chi connectivity index (χ1n) is 8.44. The Labute approximate surface area is 132 Å². The Morgan fingerprint density at radius 3 is 2.91 bits per heavy atom. The van der Waals surface area contributed by atoms with Gasteiger partial charge in [0.2, 0.25) is 0 Å². The van der Waals surface area contributed by atoms with E-state index in [1.165, 1.54) is 11.1 Å². The molecule has 0 aromatic heterocycles. The lowest BCUT2D eigenvalue weighted by Crippen LogP contribution is -2.63. The van der Waals surface area contributed by atoms with Crippen LogP contribution in [0.15, 0.2) is 18.2 Å². The van der Waals surface area contributed by atoms with Crippen LogP contribution in [0.3, 0.4) is 0 Å². The molecular formula is C19H25NO2. The van der Waals surface area contributed by atoms with Crippen LogP contribution in [-0.2, 0) is 16.6 Å². The predicted molar refractivity (Wildman–Crippen MR) is 86.3 cm³/mol.